The summed E-state index contributed by atoms with van der Waals surface area (Å²) in [4.78, 5) is 11.6. The Hall–Kier alpha value is -0.410. The van der Waals surface area contributed by atoms with E-state index in [1.807, 2.05) is 0 Å². The molecule has 0 aromatic heterocycles. The number of piperidine rings is 3. The summed E-state index contributed by atoms with van der Waals surface area (Å²) >= 11 is 0. The molecule has 4 bridgehead atoms. The summed E-state index contributed by atoms with van der Waals surface area (Å²) in [6.45, 7) is 1.97. The second-order valence-corrected chi connectivity index (χ2v) is 4.74. The molecule has 3 heterocycles. The van der Waals surface area contributed by atoms with E-state index in [0.29, 0.717) is 24.8 Å². The Bertz CT molecular complexity index is 233. The molecule has 2 radical (unpaired) electrons. The highest BCUT2D eigenvalue weighted by molar-refractivity contribution is 5.85. The molecule has 4 fully saturated rings. The van der Waals surface area contributed by atoms with Crippen LogP contribution in [0.15, 0.2) is 0 Å². The fourth-order valence-electron chi connectivity index (χ4n) is 3.44. The molecule has 4 atom stereocenters. The summed E-state index contributed by atoms with van der Waals surface area (Å²) in [5.41, 5.74) is 0. The summed E-state index contributed by atoms with van der Waals surface area (Å²) < 4.78 is -0.0499. The molecule has 3 aliphatic heterocycles. The molecule has 0 N–H and O–H groups in total. The first-order chi connectivity index (χ1) is 5.66. The number of hydrogen-bond acceptors (Lipinski definition) is 1. The highest BCUT2D eigenvalue weighted by atomic mass is 16.5. The van der Waals surface area contributed by atoms with Gasteiger partial charge in [0.25, 0.3) is 0 Å². The summed E-state index contributed by atoms with van der Waals surface area (Å²) in [6.07, 6.45) is 2.02. The first-order valence-corrected chi connectivity index (χ1v) is 4.77. The van der Waals surface area contributed by atoms with Crippen molar-refractivity contribution in [2.45, 2.75) is 12.8 Å². The zero-order valence-corrected chi connectivity index (χ0v) is 7.03. The molecule has 3 nitrogen and oxygen atoms in total. The van der Waals surface area contributed by atoms with Crippen molar-refractivity contribution in [3.05, 3.63) is 0 Å². The van der Waals surface area contributed by atoms with Gasteiger partial charge in [-0.15, -0.1) is 4.65 Å². The third-order valence-corrected chi connectivity index (χ3v) is 3.74. The standard InChI is InChI=1S/C9H13NO2/c11-9-7-1-6-2-8(9)5-10(12,3-6)4-7/h6-8H,1-5H2/q+2/t6?,7-,8+,10?. The van der Waals surface area contributed by atoms with Gasteiger partial charge in [-0.3, -0.25) is 0 Å². The molecule has 64 valence electrons. The number of ketones is 1. The topological polar surface area (TPSA) is 39.8 Å². The van der Waals surface area contributed by atoms with E-state index in [9.17, 15) is 10.0 Å². The molecule has 3 heteroatoms. The molecule has 0 amide bonds. The van der Waals surface area contributed by atoms with Gasteiger partial charge in [-0.1, -0.05) is 0 Å². The van der Waals surface area contributed by atoms with Crippen LogP contribution in [0.4, 0.5) is 0 Å². The smallest absolute Gasteiger partial charge is 0.139 e. The summed E-state index contributed by atoms with van der Waals surface area (Å²) in [7, 11) is 0. The molecule has 1 saturated carbocycles. The third kappa shape index (κ3) is 0.756. The average molecular weight is 167 g/mol. The monoisotopic (exact) mass is 167 g/mol. The highest BCUT2D eigenvalue weighted by Gasteiger charge is 2.63. The lowest BCUT2D eigenvalue weighted by atomic mass is 9.67. The zero-order valence-electron chi connectivity index (χ0n) is 7.03. The van der Waals surface area contributed by atoms with E-state index in [1.165, 1.54) is 0 Å². The van der Waals surface area contributed by atoms with Crippen LogP contribution in [-0.4, -0.2) is 30.1 Å². The first-order valence-electron chi connectivity index (χ1n) is 4.77. The van der Waals surface area contributed by atoms with Crippen LogP contribution in [0.5, 0.6) is 0 Å². The molecule has 0 aromatic carbocycles. The number of carbonyl (C=O) groups is 1. The molecule has 0 spiro atoms. The maximum absolute atomic E-state index is 11.9. The second kappa shape index (κ2) is 1.91. The van der Waals surface area contributed by atoms with Crippen molar-refractivity contribution in [3.63, 3.8) is 0 Å². The second-order valence-electron chi connectivity index (χ2n) is 4.74. The minimum Gasteiger partial charge on any atom is -0.139 e. The van der Waals surface area contributed by atoms with Gasteiger partial charge in [0.1, 0.15) is 31.5 Å². The third-order valence-electron chi connectivity index (χ3n) is 3.74. The summed E-state index contributed by atoms with van der Waals surface area (Å²) in [6, 6.07) is 0. The van der Waals surface area contributed by atoms with Crippen molar-refractivity contribution in [2.75, 3.05) is 19.6 Å². The SMILES string of the molecule is [O][N+]12CC3C[C@H](C1)C(=[O+])[C@@H](C3)C2. The Labute approximate surface area is 71.5 Å². The lowest BCUT2D eigenvalue weighted by molar-refractivity contribution is -1.14. The van der Waals surface area contributed by atoms with Crippen molar-refractivity contribution in [1.82, 2.24) is 0 Å². The first kappa shape index (κ1) is 7.04. The van der Waals surface area contributed by atoms with Gasteiger partial charge in [0, 0.05) is 11.1 Å². The quantitative estimate of drug-likeness (QED) is 0.380. The van der Waals surface area contributed by atoms with Gasteiger partial charge in [-0.05, 0) is 12.8 Å². The average Bonchev–Trinajstić information content (AvgIpc) is 1.96. The summed E-state index contributed by atoms with van der Waals surface area (Å²) in [5, 5.41) is 11.9. The van der Waals surface area contributed by atoms with E-state index in [2.05, 4.69) is 0 Å². The number of hydroxylamine groups is 3. The van der Waals surface area contributed by atoms with Gasteiger partial charge in [0.15, 0.2) is 0 Å². The minimum absolute atomic E-state index is 0.0499. The molecular formula is C9H13NO2+2. The maximum atomic E-state index is 11.9. The Kier molecular flexibility index (Phi) is 1.12. The van der Waals surface area contributed by atoms with E-state index in [1.54, 1.807) is 0 Å². The van der Waals surface area contributed by atoms with Crippen molar-refractivity contribution < 1.29 is 14.6 Å². The van der Waals surface area contributed by atoms with Crippen LogP contribution in [0.2, 0.25) is 0 Å². The summed E-state index contributed by atoms with van der Waals surface area (Å²) in [5.74, 6) is 1.23. The van der Waals surface area contributed by atoms with Crippen LogP contribution < -0.4 is 0 Å². The van der Waals surface area contributed by atoms with E-state index in [0.717, 1.165) is 19.4 Å². The zero-order chi connectivity index (χ0) is 8.34. The van der Waals surface area contributed by atoms with Crippen molar-refractivity contribution >= 4 is 5.78 Å². The van der Waals surface area contributed by atoms with Crippen molar-refractivity contribution in [1.29, 1.82) is 0 Å². The number of hydrogen-bond donors (Lipinski definition) is 0. The number of carbonyl (C=O) groups excluding carboxylic acids is 1. The predicted molar refractivity (Wildman–Crippen MR) is 40.3 cm³/mol. The Balaban J connectivity index is 2.00. The van der Waals surface area contributed by atoms with Crippen LogP contribution in [0.3, 0.4) is 0 Å². The van der Waals surface area contributed by atoms with E-state index >= 15 is 0 Å². The number of nitrogens with zero attached hydrogens (tertiary/aromatic N) is 1. The van der Waals surface area contributed by atoms with Crippen LogP contribution in [-0.2, 0) is 10.0 Å². The van der Waals surface area contributed by atoms with Gasteiger partial charge in [-0.25, -0.2) is 0 Å². The molecule has 0 aromatic rings. The molecule has 3 saturated heterocycles. The van der Waals surface area contributed by atoms with E-state index in [-0.39, 0.29) is 16.5 Å². The van der Waals surface area contributed by atoms with Crippen LogP contribution in [0.25, 0.3) is 0 Å². The van der Waals surface area contributed by atoms with Gasteiger partial charge < -0.3 is 0 Å². The Morgan fingerprint density at radius 1 is 1.17 bits per heavy atom. The number of quaternary nitrogens is 1. The van der Waals surface area contributed by atoms with Gasteiger partial charge in [0.05, 0.1) is 0 Å². The van der Waals surface area contributed by atoms with Crippen LogP contribution in [0, 0.1) is 17.8 Å². The minimum atomic E-state index is -0.0499. The van der Waals surface area contributed by atoms with Gasteiger partial charge in [0.2, 0.25) is 4.79 Å². The maximum Gasteiger partial charge on any atom is 0.461 e. The molecular weight excluding hydrogens is 154 g/mol. The van der Waals surface area contributed by atoms with Crippen LogP contribution >= 0.6 is 0 Å². The lowest BCUT2D eigenvalue weighted by Crippen LogP contribution is -2.66. The molecule has 4 aliphatic rings. The van der Waals surface area contributed by atoms with Crippen molar-refractivity contribution in [2.24, 2.45) is 17.8 Å². The van der Waals surface area contributed by atoms with Crippen LogP contribution in [0.1, 0.15) is 12.8 Å². The normalized spacial score (nSPS) is 56.4. The molecule has 4 rings (SSSR count). The fraction of sp³-hybridized carbons (Fsp3) is 0.889. The molecule has 1 aliphatic carbocycles. The highest BCUT2D eigenvalue weighted by Crippen LogP contribution is 2.44. The largest absolute Gasteiger partial charge is 0.461 e. The Morgan fingerprint density at radius 3 is 2.25 bits per heavy atom. The predicted octanol–water partition coefficient (Wildman–Crippen LogP) is 0.387. The van der Waals surface area contributed by atoms with E-state index in [4.69, 9.17) is 0 Å². The van der Waals surface area contributed by atoms with Gasteiger partial charge >= 0.3 is 5.78 Å². The fourth-order valence-corrected chi connectivity index (χ4v) is 3.44. The lowest BCUT2D eigenvalue weighted by Gasteiger charge is -2.46. The van der Waals surface area contributed by atoms with E-state index < -0.39 is 0 Å². The van der Waals surface area contributed by atoms with Gasteiger partial charge in [-0.2, -0.15) is 0 Å². The Morgan fingerprint density at radius 2 is 1.75 bits per heavy atom. The number of Topliss-reactive ketones (excluding diaryl/α,β-unsaturated/α-hetero) is 1. The molecule has 12 heavy (non-hydrogen) atoms. The van der Waals surface area contributed by atoms with Crippen molar-refractivity contribution in [3.8, 4) is 0 Å². The molecule has 2 unspecified atom stereocenters. The number of rotatable bonds is 0.